The van der Waals surface area contributed by atoms with Crippen LogP contribution in [0.2, 0.25) is 0 Å². The van der Waals surface area contributed by atoms with Gasteiger partial charge in [0.1, 0.15) is 6.10 Å². The van der Waals surface area contributed by atoms with Gasteiger partial charge in [-0.25, -0.2) is 0 Å². The Hall–Kier alpha value is -0.0500. The zero-order chi connectivity index (χ0) is 14.2. The van der Waals surface area contributed by atoms with Gasteiger partial charge in [0, 0.05) is 23.6 Å². The number of aliphatic hydroxyl groups excluding tert-OH is 1. The number of Topliss-reactive ketones (excluding diaryl/α,β-unsaturated/α-hetero) is 1. The van der Waals surface area contributed by atoms with Gasteiger partial charge in [0.2, 0.25) is 0 Å². The van der Waals surface area contributed by atoms with Gasteiger partial charge in [-0.3, -0.25) is 4.79 Å². The molecule has 0 spiro atoms. The van der Waals surface area contributed by atoms with E-state index < -0.39 is 6.10 Å². The summed E-state index contributed by atoms with van der Waals surface area (Å²) in [6.45, 7) is 5.81. The molecule has 108 valence electrons. The molecule has 0 aliphatic heterocycles. The summed E-state index contributed by atoms with van der Waals surface area (Å²) in [7, 11) is 0. The second kappa shape index (κ2) is 5.75. The fourth-order valence-electron chi connectivity index (χ4n) is 4.02. The van der Waals surface area contributed by atoms with E-state index in [0.717, 1.165) is 31.3 Å². The van der Waals surface area contributed by atoms with Crippen LogP contribution in [0.4, 0.5) is 0 Å². The van der Waals surface area contributed by atoms with Gasteiger partial charge in [-0.05, 0) is 37.5 Å². The van der Waals surface area contributed by atoms with Crippen LogP contribution in [0.25, 0.3) is 0 Å². The van der Waals surface area contributed by atoms with Crippen molar-refractivity contribution < 1.29 is 9.90 Å². The van der Waals surface area contributed by atoms with E-state index in [-0.39, 0.29) is 29.0 Å². The minimum absolute atomic E-state index is 0.0466. The molecule has 0 aromatic heterocycles. The maximum atomic E-state index is 12.5. The SMILES string of the molecule is C=C(C)C1CC2(CCl)C(CCl)CCCC2C(=O)C1O. The quantitative estimate of drug-likeness (QED) is 0.641. The van der Waals surface area contributed by atoms with Crippen molar-refractivity contribution in [2.75, 3.05) is 11.8 Å². The maximum absolute atomic E-state index is 12.5. The van der Waals surface area contributed by atoms with Gasteiger partial charge in [-0.1, -0.05) is 18.6 Å². The zero-order valence-electron chi connectivity index (χ0n) is 11.4. The summed E-state index contributed by atoms with van der Waals surface area (Å²) in [6, 6.07) is 0. The minimum Gasteiger partial charge on any atom is -0.385 e. The van der Waals surface area contributed by atoms with E-state index in [4.69, 9.17) is 23.2 Å². The molecular formula is C15H22Cl2O2. The van der Waals surface area contributed by atoms with E-state index in [9.17, 15) is 9.90 Å². The van der Waals surface area contributed by atoms with Gasteiger partial charge >= 0.3 is 0 Å². The van der Waals surface area contributed by atoms with E-state index in [2.05, 4.69) is 6.58 Å². The van der Waals surface area contributed by atoms with Crippen LogP contribution < -0.4 is 0 Å². The summed E-state index contributed by atoms with van der Waals surface area (Å²) in [5, 5.41) is 10.2. The molecule has 0 radical (unpaired) electrons. The average molecular weight is 305 g/mol. The van der Waals surface area contributed by atoms with E-state index in [0.29, 0.717) is 11.8 Å². The highest BCUT2D eigenvalue weighted by Gasteiger charge is 2.56. The molecule has 2 fully saturated rings. The lowest BCUT2D eigenvalue weighted by Crippen LogP contribution is -2.57. The number of ketones is 1. The minimum atomic E-state index is -0.909. The molecule has 4 heteroatoms. The molecule has 5 unspecified atom stereocenters. The van der Waals surface area contributed by atoms with Crippen LogP contribution in [0.3, 0.4) is 0 Å². The Morgan fingerprint density at radius 1 is 1.47 bits per heavy atom. The van der Waals surface area contributed by atoms with Gasteiger partial charge < -0.3 is 5.11 Å². The van der Waals surface area contributed by atoms with Crippen molar-refractivity contribution in [1.29, 1.82) is 0 Å². The van der Waals surface area contributed by atoms with Crippen molar-refractivity contribution in [3.63, 3.8) is 0 Å². The first-order chi connectivity index (χ1) is 8.97. The highest BCUT2D eigenvalue weighted by Crippen LogP contribution is 2.55. The van der Waals surface area contributed by atoms with Crippen LogP contribution in [-0.2, 0) is 4.79 Å². The van der Waals surface area contributed by atoms with Crippen LogP contribution in [0.5, 0.6) is 0 Å². The van der Waals surface area contributed by atoms with Crippen LogP contribution in [0.1, 0.15) is 32.6 Å². The maximum Gasteiger partial charge on any atom is 0.165 e. The van der Waals surface area contributed by atoms with E-state index in [1.807, 2.05) is 6.92 Å². The molecule has 0 aromatic rings. The van der Waals surface area contributed by atoms with Crippen molar-refractivity contribution in [3.8, 4) is 0 Å². The van der Waals surface area contributed by atoms with Gasteiger partial charge in [-0.15, -0.1) is 23.2 Å². The van der Waals surface area contributed by atoms with Crippen LogP contribution in [0.15, 0.2) is 12.2 Å². The first-order valence-corrected chi connectivity index (χ1v) is 8.04. The standard InChI is InChI=1S/C15H22Cl2O2/c1-9(2)11-6-15(8-17)10(7-16)4-3-5-12(15)14(19)13(11)18/h10-13,18H,1,3-8H2,2H3. The summed E-state index contributed by atoms with van der Waals surface area (Å²) in [5.74, 6) is 0.894. The highest BCUT2D eigenvalue weighted by atomic mass is 35.5. The topological polar surface area (TPSA) is 37.3 Å². The predicted molar refractivity (Wildman–Crippen MR) is 78.6 cm³/mol. The Labute approximate surface area is 125 Å². The lowest BCUT2D eigenvalue weighted by Gasteiger charge is -2.53. The number of rotatable bonds is 3. The lowest BCUT2D eigenvalue weighted by atomic mass is 9.52. The van der Waals surface area contributed by atoms with Crippen LogP contribution in [-0.4, -0.2) is 28.8 Å². The normalized spacial score (nSPS) is 42.8. The molecule has 0 amide bonds. The summed E-state index contributed by atoms with van der Waals surface area (Å²) in [5.41, 5.74) is 0.615. The molecule has 0 aromatic carbocycles. The van der Waals surface area contributed by atoms with Gasteiger partial charge in [0.25, 0.3) is 0 Å². The molecule has 1 N–H and O–H groups in total. The third-order valence-corrected chi connectivity index (χ3v) is 6.11. The molecular weight excluding hydrogens is 283 g/mol. The predicted octanol–water partition coefficient (Wildman–Crippen LogP) is 3.39. The Kier molecular flexibility index (Phi) is 4.64. The van der Waals surface area contributed by atoms with Gasteiger partial charge in [-0.2, -0.15) is 0 Å². The molecule has 2 nitrogen and oxygen atoms in total. The number of carbonyl (C=O) groups excluding carboxylic acids is 1. The summed E-state index contributed by atoms with van der Waals surface area (Å²) in [4.78, 5) is 12.5. The molecule has 0 saturated heterocycles. The molecule has 2 rings (SSSR count). The van der Waals surface area contributed by atoms with Gasteiger partial charge in [0.15, 0.2) is 5.78 Å². The molecule has 0 heterocycles. The molecule has 2 saturated carbocycles. The third-order valence-electron chi connectivity index (χ3n) is 5.24. The van der Waals surface area contributed by atoms with E-state index in [1.54, 1.807) is 0 Å². The summed E-state index contributed by atoms with van der Waals surface area (Å²) < 4.78 is 0. The van der Waals surface area contributed by atoms with Crippen LogP contribution in [0, 0.1) is 23.2 Å². The Balaban J connectivity index is 2.40. The molecule has 2 aliphatic rings. The number of hydrogen-bond acceptors (Lipinski definition) is 2. The largest absolute Gasteiger partial charge is 0.385 e. The lowest BCUT2D eigenvalue weighted by molar-refractivity contribution is -0.150. The Morgan fingerprint density at radius 2 is 2.16 bits per heavy atom. The van der Waals surface area contributed by atoms with Crippen LogP contribution >= 0.6 is 23.2 Å². The highest BCUT2D eigenvalue weighted by molar-refractivity contribution is 6.19. The molecule has 19 heavy (non-hydrogen) atoms. The van der Waals surface area contributed by atoms with Crippen molar-refractivity contribution in [2.45, 2.75) is 38.7 Å². The first-order valence-electron chi connectivity index (χ1n) is 6.97. The summed E-state index contributed by atoms with van der Waals surface area (Å²) in [6.07, 6.45) is 2.68. The van der Waals surface area contributed by atoms with Crippen molar-refractivity contribution in [1.82, 2.24) is 0 Å². The first kappa shape index (κ1) is 15.3. The molecule has 5 atom stereocenters. The number of aliphatic hydroxyl groups is 1. The zero-order valence-corrected chi connectivity index (χ0v) is 12.9. The van der Waals surface area contributed by atoms with Crippen molar-refractivity contribution >= 4 is 29.0 Å². The fourth-order valence-corrected chi connectivity index (χ4v) is 4.99. The monoisotopic (exact) mass is 304 g/mol. The van der Waals surface area contributed by atoms with Crippen molar-refractivity contribution in [2.24, 2.45) is 23.2 Å². The Morgan fingerprint density at radius 3 is 2.68 bits per heavy atom. The number of alkyl halides is 2. The average Bonchev–Trinajstić information content (AvgIpc) is 2.41. The second-order valence-electron chi connectivity index (χ2n) is 6.21. The number of fused-ring (bicyclic) bond motifs is 1. The van der Waals surface area contributed by atoms with Crippen molar-refractivity contribution in [3.05, 3.63) is 12.2 Å². The number of hydrogen-bond donors (Lipinski definition) is 1. The smallest absolute Gasteiger partial charge is 0.165 e. The molecule has 0 bridgehead atoms. The number of carbonyl (C=O) groups is 1. The Bertz CT molecular complexity index is 382. The summed E-state index contributed by atoms with van der Waals surface area (Å²) >= 11 is 12.4. The fraction of sp³-hybridized carbons (Fsp3) is 0.800. The third kappa shape index (κ3) is 2.36. The van der Waals surface area contributed by atoms with Gasteiger partial charge in [0.05, 0.1) is 0 Å². The molecule has 2 aliphatic carbocycles. The van der Waals surface area contributed by atoms with E-state index in [1.165, 1.54) is 0 Å². The second-order valence-corrected chi connectivity index (χ2v) is 6.78. The van der Waals surface area contributed by atoms with E-state index >= 15 is 0 Å². The number of halogens is 2.